The molecule has 3 nitrogen and oxygen atoms in total. The summed E-state index contributed by atoms with van der Waals surface area (Å²) in [5.41, 5.74) is 1.69. The molecule has 1 aliphatic rings. The molecule has 3 rings (SSSR count). The number of benzene rings is 2. The minimum absolute atomic E-state index is 0.0940. The van der Waals surface area contributed by atoms with Crippen molar-refractivity contribution < 1.29 is 13.9 Å². The van der Waals surface area contributed by atoms with Gasteiger partial charge in [-0.3, -0.25) is 4.79 Å². The van der Waals surface area contributed by atoms with Crippen molar-refractivity contribution in [3.8, 4) is 5.75 Å². The van der Waals surface area contributed by atoms with Gasteiger partial charge in [-0.2, -0.15) is 0 Å². The first-order chi connectivity index (χ1) is 11.7. The van der Waals surface area contributed by atoms with E-state index in [2.05, 4.69) is 0 Å². The second kappa shape index (κ2) is 7.47. The van der Waals surface area contributed by atoms with Crippen LogP contribution in [0.4, 0.5) is 4.39 Å². The summed E-state index contributed by atoms with van der Waals surface area (Å²) in [6.45, 7) is 0.360. The molecule has 0 atom stereocenters. The lowest BCUT2D eigenvalue weighted by molar-refractivity contribution is -0.132. The number of halogens is 1. The Morgan fingerprint density at radius 3 is 2.50 bits per heavy atom. The van der Waals surface area contributed by atoms with Gasteiger partial charge in [0.2, 0.25) is 5.91 Å². The van der Waals surface area contributed by atoms with Crippen LogP contribution in [-0.2, 0) is 17.8 Å². The van der Waals surface area contributed by atoms with Gasteiger partial charge in [0.15, 0.2) is 0 Å². The SMILES string of the molecule is COc1ccc(CCC(=O)N(Cc2ccccc2F)C2CC2)cc1. The first kappa shape index (κ1) is 16.5. The largest absolute Gasteiger partial charge is 0.497 e. The quantitative estimate of drug-likeness (QED) is 0.770. The highest BCUT2D eigenvalue weighted by Gasteiger charge is 2.32. The molecule has 0 saturated heterocycles. The second-order valence-electron chi connectivity index (χ2n) is 6.19. The molecule has 0 N–H and O–H groups in total. The number of rotatable bonds is 7. The number of hydrogen-bond donors (Lipinski definition) is 0. The van der Waals surface area contributed by atoms with Crippen LogP contribution in [0.25, 0.3) is 0 Å². The van der Waals surface area contributed by atoms with Crippen LogP contribution in [0.1, 0.15) is 30.4 Å². The van der Waals surface area contributed by atoms with Gasteiger partial charge < -0.3 is 9.64 Å². The summed E-state index contributed by atoms with van der Waals surface area (Å²) in [6.07, 6.45) is 3.16. The average Bonchev–Trinajstić information content (AvgIpc) is 3.44. The molecule has 1 amide bonds. The molecular formula is C20H22FNO2. The second-order valence-corrected chi connectivity index (χ2v) is 6.19. The number of carbonyl (C=O) groups excluding carboxylic acids is 1. The molecule has 4 heteroatoms. The normalized spacial score (nSPS) is 13.6. The summed E-state index contributed by atoms with van der Waals surface area (Å²) >= 11 is 0. The van der Waals surface area contributed by atoms with E-state index in [1.807, 2.05) is 35.2 Å². The van der Waals surface area contributed by atoms with Gasteiger partial charge >= 0.3 is 0 Å². The summed E-state index contributed by atoms with van der Waals surface area (Å²) in [6, 6.07) is 14.7. The summed E-state index contributed by atoms with van der Waals surface area (Å²) in [5, 5.41) is 0. The summed E-state index contributed by atoms with van der Waals surface area (Å²) in [5.74, 6) is 0.659. The van der Waals surface area contributed by atoms with Gasteiger partial charge in [0.05, 0.1) is 7.11 Å². The predicted molar refractivity (Wildman–Crippen MR) is 91.3 cm³/mol. The number of carbonyl (C=O) groups is 1. The molecule has 1 aliphatic carbocycles. The highest BCUT2D eigenvalue weighted by molar-refractivity contribution is 5.77. The van der Waals surface area contributed by atoms with Crippen LogP contribution < -0.4 is 4.74 Å². The Labute approximate surface area is 142 Å². The molecular weight excluding hydrogens is 305 g/mol. The van der Waals surface area contributed by atoms with E-state index in [9.17, 15) is 9.18 Å². The van der Waals surface area contributed by atoms with Gasteiger partial charge in [0.25, 0.3) is 0 Å². The van der Waals surface area contributed by atoms with E-state index in [1.54, 1.807) is 19.2 Å². The number of aryl methyl sites for hydroxylation is 1. The van der Waals surface area contributed by atoms with E-state index in [0.717, 1.165) is 24.2 Å². The van der Waals surface area contributed by atoms with Crippen molar-refractivity contribution in [3.05, 3.63) is 65.5 Å². The molecule has 0 radical (unpaired) electrons. The molecule has 0 unspecified atom stereocenters. The van der Waals surface area contributed by atoms with Crippen LogP contribution in [0.3, 0.4) is 0 Å². The van der Waals surface area contributed by atoms with Crippen LogP contribution in [0.5, 0.6) is 5.75 Å². The third-order valence-electron chi connectivity index (χ3n) is 4.39. The maximum Gasteiger partial charge on any atom is 0.223 e. The molecule has 0 aliphatic heterocycles. The lowest BCUT2D eigenvalue weighted by Crippen LogP contribution is -2.33. The molecule has 2 aromatic carbocycles. The molecule has 0 bridgehead atoms. The molecule has 2 aromatic rings. The van der Waals surface area contributed by atoms with Crippen molar-refractivity contribution in [1.82, 2.24) is 4.90 Å². The summed E-state index contributed by atoms with van der Waals surface area (Å²) in [4.78, 5) is 14.5. The van der Waals surface area contributed by atoms with Crippen molar-refractivity contribution >= 4 is 5.91 Å². The number of amides is 1. The predicted octanol–water partition coefficient (Wildman–Crippen LogP) is 3.96. The van der Waals surface area contributed by atoms with Crippen LogP contribution in [0.15, 0.2) is 48.5 Å². The highest BCUT2D eigenvalue weighted by Crippen LogP contribution is 2.29. The summed E-state index contributed by atoms with van der Waals surface area (Å²) in [7, 11) is 1.63. The number of hydrogen-bond acceptors (Lipinski definition) is 2. The van der Waals surface area contributed by atoms with Gasteiger partial charge in [-0.15, -0.1) is 0 Å². The van der Waals surface area contributed by atoms with E-state index < -0.39 is 0 Å². The van der Waals surface area contributed by atoms with Crippen LogP contribution in [0, 0.1) is 5.82 Å². The van der Waals surface area contributed by atoms with Crippen molar-refractivity contribution in [3.63, 3.8) is 0 Å². The minimum Gasteiger partial charge on any atom is -0.497 e. The monoisotopic (exact) mass is 327 g/mol. The fourth-order valence-electron chi connectivity index (χ4n) is 2.80. The Bertz CT molecular complexity index is 695. The van der Waals surface area contributed by atoms with E-state index in [0.29, 0.717) is 24.9 Å². The fraction of sp³-hybridized carbons (Fsp3) is 0.350. The molecule has 126 valence electrons. The zero-order chi connectivity index (χ0) is 16.9. The maximum absolute atomic E-state index is 13.9. The van der Waals surface area contributed by atoms with Gasteiger partial charge in [-0.1, -0.05) is 30.3 Å². The number of ether oxygens (including phenoxy) is 1. The number of methoxy groups -OCH3 is 1. The molecule has 1 fully saturated rings. The minimum atomic E-state index is -0.244. The van der Waals surface area contributed by atoms with E-state index >= 15 is 0 Å². The number of nitrogens with zero attached hydrogens (tertiary/aromatic N) is 1. The Balaban J connectivity index is 1.61. The first-order valence-corrected chi connectivity index (χ1v) is 8.33. The zero-order valence-electron chi connectivity index (χ0n) is 13.9. The molecule has 0 heterocycles. The van der Waals surface area contributed by atoms with E-state index in [4.69, 9.17) is 4.74 Å². The molecule has 0 aromatic heterocycles. The van der Waals surface area contributed by atoms with Crippen molar-refractivity contribution in [2.24, 2.45) is 0 Å². The highest BCUT2D eigenvalue weighted by atomic mass is 19.1. The van der Waals surface area contributed by atoms with Crippen molar-refractivity contribution in [2.45, 2.75) is 38.3 Å². The Kier molecular flexibility index (Phi) is 5.14. The lowest BCUT2D eigenvalue weighted by atomic mass is 10.1. The van der Waals surface area contributed by atoms with Crippen molar-refractivity contribution in [2.75, 3.05) is 7.11 Å². The van der Waals surface area contributed by atoms with Crippen molar-refractivity contribution in [1.29, 1.82) is 0 Å². The smallest absolute Gasteiger partial charge is 0.223 e. The third-order valence-corrected chi connectivity index (χ3v) is 4.39. The molecule has 1 saturated carbocycles. The Morgan fingerprint density at radius 1 is 1.17 bits per heavy atom. The zero-order valence-corrected chi connectivity index (χ0v) is 13.9. The molecule has 0 spiro atoms. The van der Waals surface area contributed by atoms with Gasteiger partial charge in [-0.05, 0) is 43.0 Å². The topological polar surface area (TPSA) is 29.5 Å². The van der Waals surface area contributed by atoms with E-state index in [-0.39, 0.29) is 17.8 Å². The Morgan fingerprint density at radius 2 is 1.88 bits per heavy atom. The standard InChI is InChI=1S/C20H22FNO2/c1-24-18-11-6-15(7-12-18)8-13-20(23)22(17-9-10-17)14-16-4-2-3-5-19(16)21/h2-7,11-12,17H,8-10,13-14H2,1H3. The van der Waals surface area contributed by atoms with Gasteiger partial charge in [0, 0.05) is 24.6 Å². The first-order valence-electron chi connectivity index (χ1n) is 8.33. The van der Waals surface area contributed by atoms with E-state index in [1.165, 1.54) is 6.07 Å². The Hall–Kier alpha value is -2.36. The van der Waals surface area contributed by atoms with Crippen LogP contribution in [-0.4, -0.2) is 24.0 Å². The van der Waals surface area contributed by atoms with Gasteiger partial charge in [-0.25, -0.2) is 4.39 Å². The van der Waals surface area contributed by atoms with Crippen LogP contribution >= 0.6 is 0 Å². The maximum atomic E-state index is 13.9. The van der Waals surface area contributed by atoms with Gasteiger partial charge in [0.1, 0.15) is 11.6 Å². The summed E-state index contributed by atoms with van der Waals surface area (Å²) < 4.78 is 19.0. The average molecular weight is 327 g/mol. The van der Waals surface area contributed by atoms with Crippen LogP contribution in [0.2, 0.25) is 0 Å². The third kappa shape index (κ3) is 4.13. The lowest BCUT2D eigenvalue weighted by Gasteiger charge is -2.23. The molecule has 24 heavy (non-hydrogen) atoms. The fourth-order valence-corrected chi connectivity index (χ4v) is 2.80.